The van der Waals surface area contributed by atoms with Crippen LogP contribution in [0.3, 0.4) is 0 Å². The fraction of sp³-hybridized carbons (Fsp3) is 0.227. The molecule has 3 rings (SSSR count). The number of hydrogen-bond acceptors (Lipinski definition) is 4. The molecule has 0 bridgehead atoms. The number of aliphatic hydroxyl groups is 1. The lowest BCUT2D eigenvalue weighted by atomic mass is 10.1. The highest BCUT2D eigenvalue weighted by molar-refractivity contribution is 6.31. The second-order valence-corrected chi connectivity index (χ2v) is 7.65. The first-order valence-electron chi connectivity index (χ1n) is 9.37. The molecule has 0 aliphatic carbocycles. The van der Waals surface area contributed by atoms with Crippen molar-refractivity contribution in [2.75, 3.05) is 6.61 Å². The van der Waals surface area contributed by atoms with Crippen LogP contribution in [0, 0.1) is 6.92 Å². The molecule has 0 unspecified atom stereocenters. The van der Waals surface area contributed by atoms with Gasteiger partial charge in [0.25, 0.3) is 5.56 Å². The number of halogens is 2. The van der Waals surface area contributed by atoms with Crippen molar-refractivity contribution in [3.63, 3.8) is 0 Å². The van der Waals surface area contributed by atoms with Crippen molar-refractivity contribution in [1.29, 1.82) is 0 Å². The van der Waals surface area contributed by atoms with E-state index in [0.717, 1.165) is 5.56 Å². The Kier molecular flexibility index (Phi) is 7.26. The normalized spacial score (nSPS) is 10.8. The minimum absolute atomic E-state index is 0.164. The fourth-order valence-electron chi connectivity index (χ4n) is 3.14. The third kappa shape index (κ3) is 5.27. The van der Waals surface area contributed by atoms with E-state index in [1.165, 1.54) is 4.57 Å². The number of aromatic nitrogens is 2. The van der Waals surface area contributed by atoms with Crippen LogP contribution in [-0.2, 0) is 24.3 Å². The molecule has 1 aromatic heterocycles. The van der Waals surface area contributed by atoms with Gasteiger partial charge in [0.2, 0.25) is 5.91 Å². The Labute approximate surface area is 184 Å². The number of nitrogens with zero attached hydrogens (tertiary/aromatic N) is 2. The first-order chi connectivity index (χ1) is 14.4. The number of hydrogen-bond donors (Lipinski definition) is 2. The molecular weight excluding hydrogens is 425 g/mol. The van der Waals surface area contributed by atoms with Crippen LogP contribution in [0.4, 0.5) is 0 Å². The molecule has 0 atom stereocenters. The number of amides is 1. The van der Waals surface area contributed by atoms with Gasteiger partial charge in [0.15, 0.2) is 0 Å². The highest BCUT2D eigenvalue weighted by Gasteiger charge is 2.18. The van der Waals surface area contributed by atoms with Gasteiger partial charge in [-0.2, -0.15) is 0 Å². The number of carbonyl (C=O) groups is 1. The summed E-state index contributed by atoms with van der Waals surface area (Å²) in [6.45, 7) is 1.59. The summed E-state index contributed by atoms with van der Waals surface area (Å²) < 4.78 is 1.32. The van der Waals surface area contributed by atoms with E-state index in [1.807, 2.05) is 6.07 Å². The molecule has 0 fully saturated rings. The van der Waals surface area contributed by atoms with E-state index < -0.39 is 0 Å². The van der Waals surface area contributed by atoms with Gasteiger partial charge in [-0.1, -0.05) is 47.5 Å². The maximum atomic E-state index is 13.1. The number of carbonyl (C=O) groups excluding carboxylic acids is 1. The Bertz CT molecular complexity index is 1130. The molecule has 1 heterocycles. The fourth-order valence-corrected chi connectivity index (χ4v) is 3.55. The van der Waals surface area contributed by atoms with Gasteiger partial charge in [-0.3, -0.25) is 14.2 Å². The summed E-state index contributed by atoms with van der Waals surface area (Å²) in [5.41, 5.74) is 2.01. The lowest BCUT2D eigenvalue weighted by Gasteiger charge is -2.16. The molecule has 0 saturated heterocycles. The van der Waals surface area contributed by atoms with Gasteiger partial charge >= 0.3 is 0 Å². The Morgan fingerprint density at radius 2 is 1.83 bits per heavy atom. The number of nitrogens with one attached hydrogen (secondary N) is 1. The second kappa shape index (κ2) is 9.89. The summed E-state index contributed by atoms with van der Waals surface area (Å²) in [5, 5.41) is 13.2. The Hall–Kier alpha value is -2.67. The topological polar surface area (TPSA) is 84.2 Å². The van der Waals surface area contributed by atoms with Crippen molar-refractivity contribution in [2.45, 2.75) is 26.4 Å². The molecule has 2 N–H and O–H groups in total. The molecule has 156 valence electrons. The van der Waals surface area contributed by atoms with Gasteiger partial charge in [-0.05, 0) is 36.8 Å². The van der Waals surface area contributed by atoms with Crippen LogP contribution in [0.1, 0.15) is 16.8 Å². The average Bonchev–Trinajstić information content (AvgIpc) is 2.71. The van der Waals surface area contributed by atoms with E-state index in [0.29, 0.717) is 32.7 Å². The summed E-state index contributed by atoms with van der Waals surface area (Å²) >= 11 is 12.1. The lowest BCUT2D eigenvalue weighted by molar-refractivity contribution is -0.121. The third-order valence-corrected chi connectivity index (χ3v) is 5.06. The van der Waals surface area contributed by atoms with Crippen LogP contribution in [0.5, 0.6) is 0 Å². The Balaban J connectivity index is 1.93. The molecule has 8 heteroatoms. The summed E-state index contributed by atoms with van der Waals surface area (Å²) in [7, 11) is 0. The second-order valence-electron chi connectivity index (χ2n) is 6.78. The minimum Gasteiger partial charge on any atom is -0.396 e. The summed E-state index contributed by atoms with van der Waals surface area (Å²) in [4.78, 5) is 30.3. The van der Waals surface area contributed by atoms with Crippen molar-refractivity contribution in [3.8, 4) is 11.4 Å². The predicted molar refractivity (Wildman–Crippen MR) is 118 cm³/mol. The predicted octanol–water partition coefficient (Wildman–Crippen LogP) is 3.38. The van der Waals surface area contributed by atoms with Crippen molar-refractivity contribution in [2.24, 2.45) is 0 Å². The zero-order valence-electron chi connectivity index (χ0n) is 16.4. The van der Waals surface area contributed by atoms with Crippen LogP contribution in [0.15, 0.2) is 53.3 Å². The van der Waals surface area contributed by atoms with Gasteiger partial charge in [0.05, 0.1) is 0 Å². The molecule has 0 spiro atoms. The number of aryl methyl sites for hydroxylation is 1. The third-order valence-electron chi connectivity index (χ3n) is 4.59. The standard InChI is InChI=1S/C22H21Cl2N3O3/c1-14-19(8-9-28)22(30)27(21(26-14)16-5-3-7-18(24)11-16)13-20(29)25-12-15-4-2-6-17(23)10-15/h2-7,10-11,28H,8-9,12-13H2,1H3,(H,25,29). The maximum absolute atomic E-state index is 13.1. The largest absolute Gasteiger partial charge is 0.396 e. The van der Waals surface area contributed by atoms with Crippen molar-refractivity contribution < 1.29 is 9.90 Å². The zero-order valence-corrected chi connectivity index (χ0v) is 17.9. The summed E-state index contributed by atoms with van der Waals surface area (Å²) in [6, 6.07) is 14.1. The van der Waals surface area contributed by atoms with Crippen LogP contribution >= 0.6 is 23.2 Å². The first kappa shape index (κ1) is 22.0. The van der Waals surface area contributed by atoms with Crippen molar-refractivity contribution in [1.82, 2.24) is 14.9 Å². The monoisotopic (exact) mass is 445 g/mol. The Morgan fingerprint density at radius 3 is 2.50 bits per heavy atom. The molecule has 1 amide bonds. The molecule has 0 saturated carbocycles. The lowest BCUT2D eigenvalue weighted by Crippen LogP contribution is -2.35. The first-order valence-corrected chi connectivity index (χ1v) is 10.1. The molecule has 2 aromatic carbocycles. The quantitative estimate of drug-likeness (QED) is 0.583. The van der Waals surface area contributed by atoms with E-state index in [9.17, 15) is 14.7 Å². The maximum Gasteiger partial charge on any atom is 0.257 e. The van der Waals surface area contributed by atoms with E-state index in [-0.39, 0.29) is 37.6 Å². The van der Waals surface area contributed by atoms with Crippen molar-refractivity contribution in [3.05, 3.63) is 85.8 Å². The minimum atomic E-state index is -0.357. The smallest absolute Gasteiger partial charge is 0.257 e. The summed E-state index contributed by atoms with van der Waals surface area (Å²) in [5.74, 6) is 0.000510. The zero-order chi connectivity index (χ0) is 21.7. The number of benzene rings is 2. The van der Waals surface area contributed by atoms with Crippen LogP contribution in [0.2, 0.25) is 10.0 Å². The van der Waals surface area contributed by atoms with E-state index in [1.54, 1.807) is 49.4 Å². The highest BCUT2D eigenvalue weighted by Crippen LogP contribution is 2.21. The molecule has 3 aromatic rings. The summed E-state index contributed by atoms with van der Waals surface area (Å²) in [6.07, 6.45) is 0.164. The molecule has 0 radical (unpaired) electrons. The van der Waals surface area contributed by atoms with E-state index in [2.05, 4.69) is 10.3 Å². The molecular formula is C22H21Cl2N3O3. The van der Waals surface area contributed by atoms with Gasteiger partial charge in [-0.15, -0.1) is 0 Å². The molecule has 0 aliphatic heterocycles. The number of aliphatic hydroxyl groups excluding tert-OH is 1. The molecule has 30 heavy (non-hydrogen) atoms. The van der Waals surface area contributed by atoms with Gasteiger partial charge in [0, 0.05) is 46.4 Å². The van der Waals surface area contributed by atoms with E-state index >= 15 is 0 Å². The van der Waals surface area contributed by atoms with Crippen LogP contribution in [0.25, 0.3) is 11.4 Å². The Morgan fingerprint density at radius 1 is 1.13 bits per heavy atom. The highest BCUT2D eigenvalue weighted by atomic mass is 35.5. The van der Waals surface area contributed by atoms with Crippen LogP contribution in [-0.4, -0.2) is 27.2 Å². The van der Waals surface area contributed by atoms with Gasteiger partial charge in [-0.25, -0.2) is 4.98 Å². The van der Waals surface area contributed by atoms with Crippen LogP contribution < -0.4 is 10.9 Å². The molecule has 6 nitrogen and oxygen atoms in total. The molecule has 0 aliphatic rings. The number of rotatable bonds is 7. The average molecular weight is 446 g/mol. The van der Waals surface area contributed by atoms with Gasteiger partial charge in [0.1, 0.15) is 12.4 Å². The van der Waals surface area contributed by atoms with Gasteiger partial charge < -0.3 is 10.4 Å². The van der Waals surface area contributed by atoms with E-state index in [4.69, 9.17) is 23.2 Å². The van der Waals surface area contributed by atoms with Crippen molar-refractivity contribution >= 4 is 29.1 Å². The SMILES string of the molecule is Cc1nc(-c2cccc(Cl)c2)n(CC(=O)NCc2cccc(Cl)c2)c(=O)c1CCO.